The number of rotatable bonds is 3. The molecule has 16 heavy (non-hydrogen) atoms. The molecule has 1 aliphatic rings. The van der Waals surface area contributed by atoms with E-state index in [1.165, 1.54) is 5.69 Å². The van der Waals surface area contributed by atoms with E-state index >= 15 is 0 Å². The number of hydrogen-bond acceptors (Lipinski definition) is 3. The van der Waals surface area contributed by atoms with Gasteiger partial charge in [0.25, 0.3) is 0 Å². The highest BCUT2D eigenvalue weighted by atomic mass is 79.9. The van der Waals surface area contributed by atoms with Crippen molar-refractivity contribution in [3.8, 4) is 0 Å². The maximum absolute atomic E-state index is 9.50. The number of β-amino-alcohol motifs (C(OH)–C–C–N with tert-alkyl or cyclic N) is 1. The molecule has 90 valence electrons. The molecule has 1 aliphatic heterocycles. The van der Waals surface area contributed by atoms with Gasteiger partial charge >= 0.3 is 0 Å². The first-order valence-electron chi connectivity index (χ1n) is 5.74. The lowest BCUT2D eigenvalue weighted by Gasteiger charge is -2.15. The lowest BCUT2D eigenvalue weighted by atomic mass is 10.3. The van der Waals surface area contributed by atoms with Crippen LogP contribution >= 0.6 is 15.9 Å². The van der Waals surface area contributed by atoms with Gasteiger partial charge in [-0.1, -0.05) is 0 Å². The Morgan fingerprint density at radius 1 is 1.56 bits per heavy atom. The normalized spacial score (nSPS) is 21.9. The van der Waals surface area contributed by atoms with E-state index < -0.39 is 0 Å². The monoisotopic (exact) mass is 287 g/mol. The molecular formula is C11H18BrN3O. The zero-order valence-corrected chi connectivity index (χ0v) is 11.4. The van der Waals surface area contributed by atoms with Gasteiger partial charge in [-0.3, -0.25) is 9.58 Å². The van der Waals surface area contributed by atoms with Crippen LogP contribution in [0.5, 0.6) is 0 Å². The summed E-state index contributed by atoms with van der Waals surface area (Å²) in [6, 6.07) is 0. The smallest absolute Gasteiger partial charge is 0.0739 e. The summed E-state index contributed by atoms with van der Waals surface area (Å²) in [5, 5.41) is 14.0. The molecule has 2 heterocycles. The quantitative estimate of drug-likeness (QED) is 0.917. The van der Waals surface area contributed by atoms with Crippen LogP contribution in [0.1, 0.15) is 24.7 Å². The summed E-state index contributed by atoms with van der Waals surface area (Å²) in [5.41, 5.74) is 2.26. The third kappa shape index (κ3) is 2.31. The molecule has 1 saturated heterocycles. The lowest BCUT2D eigenvalue weighted by Crippen LogP contribution is -2.23. The van der Waals surface area contributed by atoms with Crippen molar-refractivity contribution in [1.82, 2.24) is 14.7 Å². The Morgan fingerprint density at radius 2 is 2.31 bits per heavy atom. The highest BCUT2D eigenvalue weighted by molar-refractivity contribution is 9.10. The first-order chi connectivity index (χ1) is 7.61. The van der Waals surface area contributed by atoms with E-state index in [1.807, 2.05) is 11.6 Å². The summed E-state index contributed by atoms with van der Waals surface area (Å²) in [5.74, 6) is 0. The van der Waals surface area contributed by atoms with Gasteiger partial charge in [0.15, 0.2) is 0 Å². The summed E-state index contributed by atoms with van der Waals surface area (Å²) in [7, 11) is 0. The molecule has 0 aliphatic carbocycles. The predicted octanol–water partition coefficient (Wildman–Crippen LogP) is 1.54. The number of aliphatic hydroxyl groups excluding tert-OH is 1. The van der Waals surface area contributed by atoms with Gasteiger partial charge in [0, 0.05) is 26.2 Å². The first kappa shape index (κ1) is 12.1. The van der Waals surface area contributed by atoms with Crippen LogP contribution in [0.4, 0.5) is 0 Å². The van der Waals surface area contributed by atoms with Crippen LogP contribution in [0.3, 0.4) is 0 Å². The zero-order chi connectivity index (χ0) is 11.7. The molecule has 1 N–H and O–H groups in total. The van der Waals surface area contributed by atoms with Crippen molar-refractivity contribution in [2.75, 3.05) is 13.1 Å². The van der Waals surface area contributed by atoms with Crippen molar-refractivity contribution >= 4 is 15.9 Å². The summed E-state index contributed by atoms with van der Waals surface area (Å²) in [6.07, 6.45) is 0.731. The van der Waals surface area contributed by atoms with Gasteiger partial charge in [0.05, 0.1) is 22.0 Å². The number of likely N-dealkylation sites (tertiary alicyclic amines) is 1. The SMILES string of the molecule is CCn1nc(C)c(Br)c1CN1CC[C@@H](O)C1. The van der Waals surface area contributed by atoms with Crippen LogP contribution in [0.15, 0.2) is 4.47 Å². The van der Waals surface area contributed by atoms with E-state index in [4.69, 9.17) is 0 Å². The third-order valence-electron chi connectivity index (χ3n) is 3.07. The second kappa shape index (κ2) is 4.85. The molecule has 4 nitrogen and oxygen atoms in total. The molecule has 0 saturated carbocycles. The number of halogens is 1. The van der Waals surface area contributed by atoms with Crippen LogP contribution in [0, 0.1) is 6.92 Å². The molecule has 2 rings (SSSR count). The highest BCUT2D eigenvalue weighted by Gasteiger charge is 2.23. The Morgan fingerprint density at radius 3 is 2.88 bits per heavy atom. The first-order valence-corrected chi connectivity index (χ1v) is 6.53. The van der Waals surface area contributed by atoms with E-state index in [0.29, 0.717) is 0 Å². The van der Waals surface area contributed by atoms with Crippen molar-refractivity contribution < 1.29 is 5.11 Å². The van der Waals surface area contributed by atoms with Gasteiger partial charge < -0.3 is 5.11 Å². The maximum atomic E-state index is 9.50. The molecule has 1 atom stereocenters. The molecule has 1 aromatic rings. The molecule has 0 amide bonds. The van der Waals surface area contributed by atoms with Crippen LogP contribution in [-0.4, -0.2) is 39.0 Å². The summed E-state index contributed by atoms with van der Waals surface area (Å²) >= 11 is 3.59. The van der Waals surface area contributed by atoms with Crippen molar-refractivity contribution in [3.63, 3.8) is 0 Å². The molecule has 0 spiro atoms. The van der Waals surface area contributed by atoms with Gasteiger partial charge in [0.2, 0.25) is 0 Å². The Kier molecular flexibility index (Phi) is 3.66. The van der Waals surface area contributed by atoms with E-state index in [0.717, 1.165) is 42.8 Å². The van der Waals surface area contributed by atoms with Crippen molar-refractivity contribution in [2.24, 2.45) is 0 Å². The number of aromatic nitrogens is 2. The van der Waals surface area contributed by atoms with Crippen molar-refractivity contribution in [3.05, 3.63) is 15.9 Å². The second-order valence-corrected chi connectivity index (χ2v) is 5.13. The van der Waals surface area contributed by atoms with Crippen LogP contribution in [0.2, 0.25) is 0 Å². The fourth-order valence-electron chi connectivity index (χ4n) is 2.19. The molecule has 5 heteroatoms. The Balaban J connectivity index is 2.14. The fourth-order valence-corrected chi connectivity index (χ4v) is 2.60. The lowest BCUT2D eigenvalue weighted by molar-refractivity contribution is 0.173. The van der Waals surface area contributed by atoms with Gasteiger partial charge in [-0.2, -0.15) is 5.10 Å². The average Bonchev–Trinajstić information content (AvgIpc) is 2.77. The topological polar surface area (TPSA) is 41.3 Å². The van der Waals surface area contributed by atoms with E-state index in [1.54, 1.807) is 0 Å². The van der Waals surface area contributed by atoms with Gasteiger partial charge in [-0.05, 0) is 36.2 Å². The molecule has 1 fully saturated rings. The number of aryl methyl sites for hydroxylation is 2. The maximum Gasteiger partial charge on any atom is 0.0739 e. The summed E-state index contributed by atoms with van der Waals surface area (Å²) < 4.78 is 3.14. The Bertz CT molecular complexity index is 378. The van der Waals surface area contributed by atoms with Gasteiger partial charge in [-0.15, -0.1) is 0 Å². The summed E-state index contributed by atoms with van der Waals surface area (Å²) in [6.45, 7) is 7.62. The average molecular weight is 288 g/mol. The van der Waals surface area contributed by atoms with Gasteiger partial charge in [0.1, 0.15) is 0 Å². The Labute approximate surface area is 104 Å². The van der Waals surface area contributed by atoms with Crippen molar-refractivity contribution in [2.45, 2.75) is 39.5 Å². The standard InChI is InChI=1S/C11H18BrN3O/c1-3-15-10(11(12)8(2)13-15)7-14-5-4-9(16)6-14/h9,16H,3-7H2,1-2H3/t9-/m1/s1. The van der Waals surface area contributed by atoms with E-state index in [9.17, 15) is 5.11 Å². The summed E-state index contributed by atoms with van der Waals surface area (Å²) in [4.78, 5) is 2.28. The number of hydrogen-bond donors (Lipinski definition) is 1. The molecular weight excluding hydrogens is 270 g/mol. The molecule has 0 bridgehead atoms. The minimum Gasteiger partial charge on any atom is -0.392 e. The largest absolute Gasteiger partial charge is 0.392 e. The number of nitrogens with zero attached hydrogens (tertiary/aromatic N) is 3. The van der Waals surface area contributed by atoms with Crippen LogP contribution in [-0.2, 0) is 13.1 Å². The minimum absolute atomic E-state index is 0.155. The zero-order valence-electron chi connectivity index (χ0n) is 9.78. The fraction of sp³-hybridized carbons (Fsp3) is 0.727. The van der Waals surface area contributed by atoms with Crippen LogP contribution in [0.25, 0.3) is 0 Å². The number of aliphatic hydroxyl groups is 1. The van der Waals surface area contributed by atoms with E-state index in [2.05, 4.69) is 32.9 Å². The highest BCUT2D eigenvalue weighted by Crippen LogP contribution is 2.23. The molecule has 0 unspecified atom stereocenters. The van der Waals surface area contributed by atoms with Gasteiger partial charge in [-0.25, -0.2) is 0 Å². The minimum atomic E-state index is -0.155. The van der Waals surface area contributed by atoms with Crippen LogP contribution < -0.4 is 0 Å². The van der Waals surface area contributed by atoms with Crippen molar-refractivity contribution in [1.29, 1.82) is 0 Å². The Hall–Kier alpha value is -0.390. The van der Waals surface area contributed by atoms with E-state index in [-0.39, 0.29) is 6.10 Å². The second-order valence-electron chi connectivity index (χ2n) is 4.34. The molecule has 0 aromatic carbocycles. The molecule has 0 radical (unpaired) electrons. The molecule has 1 aromatic heterocycles. The predicted molar refractivity (Wildman–Crippen MR) is 66.2 cm³/mol. The third-order valence-corrected chi connectivity index (χ3v) is 4.11.